The van der Waals surface area contributed by atoms with Crippen molar-refractivity contribution in [2.45, 2.75) is 45.0 Å². The zero-order valence-electron chi connectivity index (χ0n) is 11.0. The molecule has 1 rings (SSSR count). The minimum atomic E-state index is -2.44. The molecule has 1 aromatic rings. The molecule has 1 aromatic heterocycles. The molecule has 0 aliphatic carbocycles. The van der Waals surface area contributed by atoms with Crippen molar-refractivity contribution >= 4 is 0 Å². The molecule has 0 bridgehead atoms. The fraction of sp³-hybridized carbons (Fsp3) is 0.833. The first-order valence-corrected chi connectivity index (χ1v) is 6.59. The average Bonchev–Trinajstić information content (AvgIpc) is 2.82. The van der Waals surface area contributed by atoms with Crippen LogP contribution in [0.15, 0.2) is 4.52 Å². The zero-order valence-corrected chi connectivity index (χ0v) is 11.0. The van der Waals surface area contributed by atoms with Gasteiger partial charge in [-0.2, -0.15) is 4.98 Å². The molecule has 19 heavy (non-hydrogen) atoms. The number of hydrogen-bond donors (Lipinski definition) is 1. The van der Waals surface area contributed by atoms with Crippen LogP contribution in [0.2, 0.25) is 0 Å². The van der Waals surface area contributed by atoms with Crippen LogP contribution in [0.1, 0.15) is 37.4 Å². The lowest BCUT2D eigenvalue weighted by Crippen LogP contribution is -2.07. The highest BCUT2D eigenvalue weighted by Crippen LogP contribution is 2.06. The summed E-state index contributed by atoms with van der Waals surface area (Å²) in [5.74, 6) is 1.10. The molecule has 0 aliphatic heterocycles. The van der Waals surface area contributed by atoms with Crippen LogP contribution >= 0.6 is 0 Å². The largest absolute Gasteiger partial charge is 0.375 e. The first-order valence-electron chi connectivity index (χ1n) is 6.59. The molecule has 0 saturated carbocycles. The number of alkyl halides is 2. The first-order chi connectivity index (χ1) is 9.22. The Morgan fingerprint density at radius 1 is 1.16 bits per heavy atom. The van der Waals surface area contributed by atoms with Gasteiger partial charge in [-0.25, -0.2) is 8.78 Å². The van der Waals surface area contributed by atoms with Crippen molar-refractivity contribution < 1.29 is 18.0 Å². The third-order valence-corrected chi connectivity index (χ3v) is 2.57. The van der Waals surface area contributed by atoms with Crippen LogP contribution in [-0.4, -0.2) is 36.3 Å². The van der Waals surface area contributed by atoms with E-state index >= 15 is 0 Å². The van der Waals surface area contributed by atoms with E-state index in [4.69, 9.17) is 15.0 Å². The molecule has 2 N–H and O–H groups in total. The van der Waals surface area contributed by atoms with Crippen molar-refractivity contribution in [3.63, 3.8) is 0 Å². The Kier molecular flexibility index (Phi) is 8.24. The molecule has 0 atom stereocenters. The van der Waals surface area contributed by atoms with Crippen LogP contribution in [0.5, 0.6) is 0 Å². The van der Waals surface area contributed by atoms with E-state index in [0.717, 1.165) is 38.6 Å². The van der Waals surface area contributed by atoms with Gasteiger partial charge in [-0.05, 0) is 19.4 Å². The Morgan fingerprint density at radius 3 is 2.68 bits per heavy atom. The topological polar surface area (TPSA) is 74.2 Å². The Hall–Kier alpha value is -1.08. The van der Waals surface area contributed by atoms with Crippen LogP contribution in [0.4, 0.5) is 8.78 Å². The van der Waals surface area contributed by atoms with E-state index in [1.807, 2.05) is 0 Å². The molecule has 7 heteroatoms. The second kappa shape index (κ2) is 9.80. The van der Waals surface area contributed by atoms with E-state index < -0.39 is 13.0 Å². The third-order valence-electron chi connectivity index (χ3n) is 2.57. The van der Waals surface area contributed by atoms with Crippen molar-refractivity contribution in [1.29, 1.82) is 0 Å². The number of rotatable bonds is 11. The van der Waals surface area contributed by atoms with Crippen molar-refractivity contribution in [3.05, 3.63) is 11.7 Å². The van der Waals surface area contributed by atoms with E-state index in [-0.39, 0.29) is 6.61 Å². The van der Waals surface area contributed by atoms with Crippen LogP contribution in [-0.2, 0) is 17.6 Å². The van der Waals surface area contributed by atoms with E-state index in [9.17, 15) is 8.78 Å². The summed E-state index contributed by atoms with van der Waals surface area (Å²) in [6, 6.07) is 0. The van der Waals surface area contributed by atoms with Gasteiger partial charge in [0.2, 0.25) is 5.89 Å². The van der Waals surface area contributed by atoms with Crippen molar-refractivity contribution in [2.75, 3.05) is 19.8 Å². The van der Waals surface area contributed by atoms with Gasteiger partial charge in [0, 0.05) is 12.8 Å². The summed E-state index contributed by atoms with van der Waals surface area (Å²) < 4.78 is 33.4. The van der Waals surface area contributed by atoms with Gasteiger partial charge in [0.05, 0.1) is 6.61 Å². The molecule has 0 unspecified atom stereocenters. The van der Waals surface area contributed by atoms with Gasteiger partial charge in [0.1, 0.15) is 6.61 Å². The minimum absolute atomic E-state index is 0.180. The highest BCUT2D eigenvalue weighted by atomic mass is 19.3. The van der Waals surface area contributed by atoms with Crippen LogP contribution < -0.4 is 5.73 Å². The van der Waals surface area contributed by atoms with E-state index in [2.05, 4.69) is 10.1 Å². The summed E-state index contributed by atoms with van der Waals surface area (Å²) >= 11 is 0. The lowest BCUT2D eigenvalue weighted by Gasteiger charge is -1.99. The summed E-state index contributed by atoms with van der Waals surface area (Å²) in [4.78, 5) is 4.17. The molecule has 0 radical (unpaired) electrons. The second-order valence-electron chi connectivity index (χ2n) is 4.27. The number of hydrogen-bond acceptors (Lipinski definition) is 5. The molecule has 0 fully saturated rings. The van der Waals surface area contributed by atoms with Crippen molar-refractivity contribution in [2.24, 2.45) is 5.73 Å². The molecule has 5 nitrogen and oxygen atoms in total. The van der Waals surface area contributed by atoms with E-state index in [0.29, 0.717) is 18.1 Å². The first kappa shape index (κ1) is 16.0. The molecule has 0 saturated heterocycles. The standard InChI is InChI=1S/C12H21F2N3O2/c13-10(14)9-18-8-6-11-16-12(19-17-11)5-3-1-2-4-7-15/h10H,1-9,15H2. The summed E-state index contributed by atoms with van der Waals surface area (Å²) in [5, 5.41) is 3.77. The Bertz CT molecular complexity index is 335. The number of ether oxygens (including phenoxy) is 1. The molecule has 0 aliphatic rings. The third kappa shape index (κ3) is 7.84. The zero-order chi connectivity index (χ0) is 13.9. The number of halogens is 2. The lowest BCUT2D eigenvalue weighted by atomic mass is 10.1. The number of aryl methyl sites for hydroxylation is 1. The average molecular weight is 277 g/mol. The highest BCUT2D eigenvalue weighted by Gasteiger charge is 2.07. The SMILES string of the molecule is NCCCCCCc1nc(CCOCC(F)F)no1. The Labute approximate surface area is 111 Å². The predicted molar refractivity (Wildman–Crippen MR) is 66.1 cm³/mol. The van der Waals surface area contributed by atoms with Gasteiger partial charge in [0.25, 0.3) is 6.43 Å². The quantitative estimate of drug-likeness (QED) is 0.626. The van der Waals surface area contributed by atoms with Crippen LogP contribution in [0.25, 0.3) is 0 Å². The normalized spacial score (nSPS) is 11.4. The maximum absolute atomic E-state index is 11.8. The summed E-state index contributed by atoms with van der Waals surface area (Å²) in [7, 11) is 0. The molecule has 110 valence electrons. The van der Waals surface area contributed by atoms with E-state index in [1.165, 1.54) is 0 Å². The summed E-state index contributed by atoms with van der Waals surface area (Å²) in [5.41, 5.74) is 5.40. The van der Waals surface area contributed by atoms with Gasteiger partial charge >= 0.3 is 0 Å². The number of aromatic nitrogens is 2. The summed E-state index contributed by atoms with van der Waals surface area (Å²) in [6.45, 7) is 0.356. The lowest BCUT2D eigenvalue weighted by molar-refractivity contribution is 0.0182. The fourth-order valence-corrected chi connectivity index (χ4v) is 1.60. The minimum Gasteiger partial charge on any atom is -0.375 e. The maximum atomic E-state index is 11.8. The Balaban J connectivity index is 2.10. The van der Waals surface area contributed by atoms with Crippen LogP contribution in [0.3, 0.4) is 0 Å². The van der Waals surface area contributed by atoms with Gasteiger partial charge in [-0.1, -0.05) is 18.0 Å². The molecule has 0 aromatic carbocycles. The van der Waals surface area contributed by atoms with Gasteiger partial charge in [-0.3, -0.25) is 0 Å². The molecular formula is C12H21F2N3O2. The van der Waals surface area contributed by atoms with Gasteiger partial charge < -0.3 is 15.0 Å². The second-order valence-corrected chi connectivity index (χ2v) is 4.27. The van der Waals surface area contributed by atoms with Gasteiger partial charge in [-0.15, -0.1) is 0 Å². The molecule has 1 heterocycles. The Morgan fingerprint density at radius 2 is 1.95 bits per heavy atom. The van der Waals surface area contributed by atoms with Gasteiger partial charge in [0.15, 0.2) is 5.82 Å². The highest BCUT2D eigenvalue weighted by molar-refractivity contribution is 4.86. The number of nitrogens with zero attached hydrogens (tertiary/aromatic N) is 2. The predicted octanol–water partition coefficient (Wildman–Crippen LogP) is 1.96. The van der Waals surface area contributed by atoms with E-state index in [1.54, 1.807) is 0 Å². The van der Waals surface area contributed by atoms with Crippen molar-refractivity contribution in [3.8, 4) is 0 Å². The molecular weight excluding hydrogens is 256 g/mol. The van der Waals surface area contributed by atoms with Crippen molar-refractivity contribution in [1.82, 2.24) is 10.1 Å². The maximum Gasteiger partial charge on any atom is 0.261 e. The number of nitrogens with two attached hydrogens (primary N) is 1. The molecule has 0 amide bonds. The molecule has 0 spiro atoms. The number of unbranched alkanes of at least 4 members (excludes halogenated alkanes) is 3. The summed E-state index contributed by atoms with van der Waals surface area (Å²) in [6.07, 6.45) is 2.93. The monoisotopic (exact) mass is 277 g/mol. The smallest absolute Gasteiger partial charge is 0.261 e. The van der Waals surface area contributed by atoms with Crippen LogP contribution in [0, 0.1) is 0 Å². The fourth-order valence-electron chi connectivity index (χ4n) is 1.60.